The van der Waals surface area contributed by atoms with E-state index >= 15 is 0 Å². The van der Waals surface area contributed by atoms with E-state index in [4.69, 9.17) is 4.42 Å². The highest BCUT2D eigenvalue weighted by molar-refractivity contribution is 7.89. The zero-order valence-electron chi connectivity index (χ0n) is 12.2. The van der Waals surface area contributed by atoms with E-state index in [-0.39, 0.29) is 6.54 Å². The minimum absolute atomic E-state index is 0.0740. The molecular formula is C16H12F2N2O3S. The highest BCUT2D eigenvalue weighted by Crippen LogP contribution is 2.19. The van der Waals surface area contributed by atoms with Crippen LogP contribution in [0.25, 0.3) is 11.5 Å². The van der Waals surface area contributed by atoms with Gasteiger partial charge in [0.05, 0.1) is 6.26 Å². The molecule has 3 aromatic rings. The van der Waals surface area contributed by atoms with Crippen LogP contribution in [-0.2, 0) is 16.6 Å². The topological polar surface area (TPSA) is 72.2 Å². The standard InChI is InChI=1S/C16H12F2N2O3S/c17-12-3-4-16(13(18)9-12)24(21,22)20-10-11-5-6-19-14(8-11)15-2-1-7-23-15/h1-9,20H,10H2. The van der Waals surface area contributed by atoms with Crippen molar-refractivity contribution in [2.75, 3.05) is 0 Å². The first-order valence-electron chi connectivity index (χ1n) is 6.89. The maximum Gasteiger partial charge on any atom is 0.243 e. The van der Waals surface area contributed by atoms with E-state index in [1.54, 1.807) is 24.3 Å². The lowest BCUT2D eigenvalue weighted by Crippen LogP contribution is -2.24. The van der Waals surface area contributed by atoms with Crippen molar-refractivity contribution in [1.82, 2.24) is 9.71 Å². The first-order valence-corrected chi connectivity index (χ1v) is 8.37. The van der Waals surface area contributed by atoms with E-state index in [1.165, 1.54) is 12.5 Å². The zero-order valence-corrected chi connectivity index (χ0v) is 13.1. The number of furan rings is 1. The summed E-state index contributed by atoms with van der Waals surface area (Å²) in [6.45, 7) is -0.0740. The quantitative estimate of drug-likeness (QED) is 0.767. The number of nitrogens with zero attached hydrogens (tertiary/aromatic N) is 1. The van der Waals surface area contributed by atoms with E-state index in [2.05, 4.69) is 9.71 Å². The normalized spacial score (nSPS) is 11.6. The van der Waals surface area contributed by atoms with Crippen molar-refractivity contribution in [3.8, 4) is 11.5 Å². The Morgan fingerprint density at radius 2 is 1.96 bits per heavy atom. The van der Waals surface area contributed by atoms with Crippen LogP contribution in [0.15, 0.2) is 64.2 Å². The number of sulfonamides is 1. The molecule has 0 fully saturated rings. The van der Waals surface area contributed by atoms with Crippen LogP contribution in [0.2, 0.25) is 0 Å². The van der Waals surface area contributed by atoms with Gasteiger partial charge in [-0.3, -0.25) is 4.98 Å². The molecule has 1 aromatic carbocycles. The van der Waals surface area contributed by atoms with E-state index in [9.17, 15) is 17.2 Å². The van der Waals surface area contributed by atoms with Crippen LogP contribution in [0, 0.1) is 11.6 Å². The number of halogens is 2. The minimum atomic E-state index is -4.11. The van der Waals surface area contributed by atoms with Gasteiger partial charge in [0.25, 0.3) is 0 Å². The van der Waals surface area contributed by atoms with Crippen molar-refractivity contribution in [2.24, 2.45) is 0 Å². The highest BCUT2D eigenvalue weighted by atomic mass is 32.2. The Balaban J connectivity index is 1.79. The average Bonchev–Trinajstić information content (AvgIpc) is 3.07. The summed E-state index contributed by atoms with van der Waals surface area (Å²) in [6, 6.07) is 9.01. The third-order valence-corrected chi connectivity index (χ3v) is 4.68. The van der Waals surface area contributed by atoms with Gasteiger partial charge in [-0.15, -0.1) is 0 Å². The van der Waals surface area contributed by atoms with Gasteiger partial charge < -0.3 is 4.42 Å². The van der Waals surface area contributed by atoms with Crippen molar-refractivity contribution in [3.63, 3.8) is 0 Å². The lowest BCUT2D eigenvalue weighted by Gasteiger charge is -2.08. The van der Waals surface area contributed by atoms with Crippen LogP contribution in [0.1, 0.15) is 5.56 Å². The Labute approximate surface area is 137 Å². The molecule has 1 N–H and O–H groups in total. The summed E-state index contributed by atoms with van der Waals surface area (Å²) < 4.78 is 58.3. The summed E-state index contributed by atoms with van der Waals surface area (Å²) in [5.41, 5.74) is 1.16. The molecule has 0 atom stereocenters. The zero-order chi connectivity index (χ0) is 17.2. The summed E-state index contributed by atoms with van der Waals surface area (Å²) in [5, 5.41) is 0. The van der Waals surface area contributed by atoms with Gasteiger partial charge in [0.15, 0.2) is 5.76 Å². The first-order chi connectivity index (χ1) is 11.5. The fourth-order valence-corrected chi connectivity index (χ4v) is 3.17. The fraction of sp³-hybridized carbons (Fsp3) is 0.0625. The lowest BCUT2D eigenvalue weighted by atomic mass is 10.2. The molecule has 8 heteroatoms. The Morgan fingerprint density at radius 1 is 1.12 bits per heavy atom. The molecule has 0 aliphatic heterocycles. The summed E-state index contributed by atoms with van der Waals surface area (Å²) in [4.78, 5) is 3.53. The summed E-state index contributed by atoms with van der Waals surface area (Å²) >= 11 is 0. The molecule has 0 radical (unpaired) electrons. The molecule has 0 bridgehead atoms. The van der Waals surface area contributed by atoms with Gasteiger partial charge in [0, 0.05) is 18.8 Å². The van der Waals surface area contributed by atoms with E-state index in [1.807, 2.05) is 0 Å². The number of pyridine rings is 1. The van der Waals surface area contributed by atoms with Gasteiger partial charge >= 0.3 is 0 Å². The number of benzene rings is 1. The van der Waals surface area contributed by atoms with Gasteiger partial charge in [-0.25, -0.2) is 21.9 Å². The smallest absolute Gasteiger partial charge is 0.243 e. The van der Waals surface area contributed by atoms with Gasteiger partial charge in [0.1, 0.15) is 22.2 Å². The molecule has 124 valence electrons. The molecule has 0 unspecified atom stereocenters. The van der Waals surface area contributed by atoms with Crippen LogP contribution in [0.5, 0.6) is 0 Å². The fourth-order valence-electron chi connectivity index (χ4n) is 2.09. The summed E-state index contributed by atoms with van der Waals surface area (Å²) in [6.07, 6.45) is 3.02. The summed E-state index contributed by atoms with van der Waals surface area (Å²) in [7, 11) is -4.11. The number of hydrogen-bond acceptors (Lipinski definition) is 4. The second-order valence-electron chi connectivity index (χ2n) is 4.93. The average molecular weight is 350 g/mol. The van der Waals surface area contributed by atoms with Gasteiger partial charge in [-0.1, -0.05) is 0 Å². The molecule has 0 aliphatic carbocycles. The van der Waals surface area contributed by atoms with Gasteiger partial charge in [-0.05, 0) is 42.0 Å². The number of nitrogens with one attached hydrogen (secondary N) is 1. The molecule has 2 heterocycles. The predicted molar refractivity (Wildman–Crippen MR) is 82.3 cm³/mol. The second-order valence-corrected chi connectivity index (χ2v) is 6.66. The monoisotopic (exact) mass is 350 g/mol. The lowest BCUT2D eigenvalue weighted by molar-refractivity contribution is 0.543. The van der Waals surface area contributed by atoms with Crippen molar-refractivity contribution < 1.29 is 21.6 Å². The molecule has 0 saturated heterocycles. The van der Waals surface area contributed by atoms with Crippen LogP contribution in [0.3, 0.4) is 0 Å². The Kier molecular flexibility index (Phi) is 4.41. The molecule has 0 saturated carbocycles. The van der Waals surface area contributed by atoms with Crippen molar-refractivity contribution in [3.05, 3.63) is 72.1 Å². The molecule has 0 aliphatic rings. The third-order valence-electron chi connectivity index (χ3n) is 3.25. The molecular weight excluding hydrogens is 338 g/mol. The van der Waals surface area contributed by atoms with Crippen molar-refractivity contribution in [1.29, 1.82) is 0 Å². The molecule has 0 spiro atoms. The number of rotatable bonds is 5. The van der Waals surface area contributed by atoms with E-state index in [0.29, 0.717) is 23.1 Å². The first kappa shape index (κ1) is 16.3. The Bertz CT molecular complexity index is 957. The van der Waals surface area contributed by atoms with Crippen molar-refractivity contribution >= 4 is 10.0 Å². The molecule has 2 aromatic heterocycles. The largest absolute Gasteiger partial charge is 0.463 e. The SMILES string of the molecule is O=S(=O)(NCc1ccnc(-c2ccco2)c1)c1ccc(F)cc1F. The van der Waals surface area contributed by atoms with E-state index in [0.717, 1.165) is 12.1 Å². The molecule has 24 heavy (non-hydrogen) atoms. The van der Waals surface area contributed by atoms with Crippen LogP contribution in [0.4, 0.5) is 8.78 Å². The predicted octanol–water partition coefficient (Wildman–Crippen LogP) is 3.10. The van der Waals surface area contributed by atoms with Gasteiger partial charge in [-0.2, -0.15) is 0 Å². The minimum Gasteiger partial charge on any atom is -0.463 e. The van der Waals surface area contributed by atoms with Crippen molar-refractivity contribution in [2.45, 2.75) is 11.4 Å². The van der Waals surface area contributed by atoms with Crippen LogP contribution in [-0.4, -0.2) is 13.4 Å². The molecule has 5 nitrogen and oxygen atoms in total. The number of hydrogen-bond donors (Lipinski definition) is 1. The van der Waals surface area contributed by atoms with E-state index < -0.39 is 26.6 Å². The summed E-state index contributed by atoms with van der Waals surface area (Å²) in [5.74, 6) is -1.44. The van der Waals surface area contributed by atoms with Gasteiger partial charge in [0.2, 0.25) is 10.0 Å². The van der Waals surface area contributed by atoms with Crippen LogP contribution < -0.4 is 4.72 Å². The maximum atomic E-state index is 13.6. The maximum absolute atomic E-state index is 13.6. The Hall–Kier alpha value is -2.58. The van der Waals surface area contributed by atoms with Crippen LogP contribution >= 0.6 is 0 Å². The molecule has 3 rings (SSSR count). The molecule has 0 amide bonds. The highest BCUT2D eigenvalue weighted by Gasteiger charge is 2.19. The third kappa shape index (κ3) is 3.50. The second kappa shape index (κ2) is 6.50. The number of aromatic nitrogens is 1. The Morgan fingerprint density at radius 3 is 2.67 bits per heavy atom.